The lowest BCUT2D eigenvalue weighted by Gasteiger charge is -2.06. The molecule has 122 valence electrons. The Kier molecular flexibility index (Phi) is 8.92. The molecular formula is C14H13IN2O6. The number of carboxylic acids is 2. The molecule has 0 bridgehead atoms. The molecule has 0 aliphatic carbocycles. The van der Waals surface area contributed by atoms with Crippen molar-refractivity contribution in [3.63, 3.8) is 0 Å². The van der Waals surface area contributed by atoms with Crippen LogP contribution in [0.4, 0.5) is 11.4 Å². The van der Waals surface area contributed by atoms with Gasteiger partial charge in [0.25, 0.3) is 0 Å². The summed E-state index contributed by atoms with van der Waals surface area (Å²) >= 11 is 0. The number of carboxylic acid groups (broad SMARTS) is 2. The highest BCUT2D eigenvalue weighted by molar-refractivity contribution is 14.0. The smallest absolute Gasteiger partial charge is 0.328 e. The van der Waals surface area contributed by atoms with Crippen molar-refractivity contribution in [2.24, 2.45) is 0 Å². The molecule has 0 aliphatic heterocycles. The second kappa shape index (κ2) is 10.1. The number of hydrogen-bond acceptors (Lipinski definition) is 4. The van der Waals surface area contributed by atoms with Crippen molar-refractivity contribution in [1.29, 1.82) is 0 Å². The summed E-state index contributed by atoms with van der Waals surface area (Å²) in [5.41, 5.74) is 0.667. The van der Waals surface area contributed by atoms with Crippen molar-refractivity contribution in [3.05, 3.63) is 48.6 Å². The van der Waals surface area contributed by atoms with E-state index in [0.29, 0.717) is 23.5 Å². The second-order valence-corrected chi connectivity index (χ2v) is 3.90. The second-order valence-electron chi connectivity index (χ2n) is 3.90. The number of halogens is 1. The molecule has 0 aliphatic rings. The highest BCUT2D eigenvalue weighted by Gasteiger charge is 2.02. The lowest BCUT2D eigenvalue weighted by atomic mass is 10.2. The Morgan fingerprint density at radius 1 is 0.783 bits per heavy atom. The molecule has 8 nitrogen and oxygen atoms in total. The summed E-state index contributed by atoms with van der Waals surface area (Å²) in [6.07, 6.45) is 3.09. The molecule has 9 heteroatoms. The van der Waals surface area contributed by atoms with E-state index < -0.39 is 23.8 Å². The molecule has 1 aromatic rings. The third-order valence-corrected chi connectivity index (χ3v) is 2.15. The number of hydrogen-bond donors (Lipinski definition) is 4. The van der Waals surface area contributed by atoms with Crippen LogP contribution in [0, 0.1) is 0 Å². The van der Waals surface area contributed by atoms with Crippen molar-refractivity contribution >= 4 is 59.1 Å². The van der Waals surface area contributed by atoms with E-state index in [4.69, 9.17) is 10.2 Å². The molecule has 0 radical (unpaired) electrons. The van der Waals surface area contributed by atoms with Crippen molar-refractivity contribution < 1.29 is 29.4 Å². The third kappa shape index (κ3) is 9.03. The zero-order valence-corrected chi connectivity index (χ0v) is 13.9. The van der Waals surface area contributed by atoms with E-state index in [1.54, 1.807) is 6.07 Å². The van der Waals surface area contributed by atoms with E-state index in [2.05, 4.69) is 10.6 Å². The molecular weight excluding hydrogens is 419 g/mol. The predicted octanol–water partition coefficient (Wildman–Crippen LogP) is 1.46. The van der Waals surface area contributed by atoms with E-state index >= 15 is 0 Å². The van der Waals surface area contributed by atoms with Gasteiger partial charge in [-0.3, -0.25) is 9.59 Å². The summed E-state index contributed by atoms with van der Waals surface area (Å²) in [6.45, 7) is 0. The lowest BCUT2D eigenvalue weighted by Crippen LogP contribution is -2.11. The molecule has 0 fully saturated rings. The maximum absolute atomic E-state index is 11.4. The molecule has 1 rings (SSSR count). The van der Waals surface area contributed by atoms with E-state index in [0.717, 1.165) is 12.2 Å². The summed E-state index contributed by atoms with van der Waals surface area (Å²) < 4.78 is 0. The highest BCUT2D eigenvalue weighted by Crippen LogP contribution is 2.15. The van der Waals surface area contributed by atoms with Crippen molar-refractivity contribution in [2.45, 2.75) is 0 Å². The number of rotatable bonds is 6. The van der Waals surface area contributed by atoms with E-state index in [1.807, 2.05) is 0 Å². The van der Waals surface area contributed by atoms with Gasteiger partial charge < -0.3 is 20.8 Å². The van der Waals surface area contributed by atoms with E-state index in [9.17, 15) is 19.2 Å². The molecule has 2 amide bonds. The first kappa shape index (κ1) is 20.3. The monoisotopic (exact) mass is 432 g/mol. The quantitative estimate of drug-likeness (QED) is 0.398. The summed E-state index contributed by atoms with van der Waals surface area (Å²) in [5.74, 6) is -3.78. The van der Waals surface area contributed by atoms with Gasteiger partial charge >= 0.3 is 11.9 Å². The first-order valence-corrected chi connectivity index (χ1v) is 5.91. The molecule has 0 spiro atoms. The van der Waals surface area contributed by atoms with Gasteiger partial charge in [0.15, 0.2) is 0 Å². The Morgan fingerprint density at radius 2 is 1.17 bits per heavy atom. The molecule has 0 aromatic heterocycles. The summed E-state index contributed by atoms with van der Waals surface area (Å²) in [6, 6.07) is 6.05. The molecule has 1 aromatic carbocycles. The van der Waals surface area contributed by atoms with Crippen LogP contribution in [0.25, 0.3) is 0 Å². The molecule has 0 unspecified atom stereocenters. The van der Waals surface area contributed by atoms with Crippen molar-refractivity contribution in [1.82, 2.24) is 0 Å². The van der Waals surface area contributed by atoms with Crippen LogP contribution in [0.5, 0.6) is 0 Å². The molecule has 0 atom stereocenters. The van der Waals surface area contributed by atoms with Gasteiger partial charge in [-0.25, -0.2) is 9.59 Å². The van der Waals surface area contributed by atoms with Crippen LogP contribution in [0.1, 0.15) is 0 Å². The fourth-order valence-corrected chi connectivity index (χ4v) is 1.34. The molecule has 23 heavy (non-hydrogen) atoms. The fourth-order valence-electron chi connectivity index (χ4n) is 1.34. The molecule has 0 heterocycles. The lowest BCUT2D eigenvalue weighted by molar-refractivity contribution is -0.132. The van der Waals surface area contributed by atoms with Crippen LogP contribution in [0.3, 0.4) is 0 Å². The number of aliphatic carboxylic acids is 2. The minimum atomic E-state index is -1.25. The number of nitrogens with one attached hydrogen (secondary N) is 2. The normalized spacial score (nSPS) is 10.1. The average molecular weight is 432 g/mol. The van der Waals surface area contributed by atoms with Gasteiger partial charge in [-0.2, -0.15) is 0 Å². The van der Waals surface area contributed by atoms with Crippen LogP contribution in [-0.2, 0) is 19.2 Å². The maximum Gasteiger partial charge on any atom is 0.328 e. The van der Waals surface area contributed by atoms with Gasteiger partial charge in [0, 0.05) is 35.7 Å². The van der Waals surface area contributed by atoms with Crippen molar-refractivity contribution in [3.8, 4) is 0 Å². The summed E-state index contributed by atoms with van der Waals surface area (Å²) in [5, 5.41) is 21.6. The topological polar surface area (TPSA) is 133 Å². The Bertz CT molecular complexity index is 616. The van der Waals surface area contributed by atoms with Crippen LogP contribution in [0.15, 0.2) is 48.6 Å². The zero-order valence-electron chi connectivity index (χ0n) is 11.6. The predicted molar refractivity (Wildman–Crippen MR) is 92.7 cm³/mol. The Balaban J connectivity index is 0.00000484. The summed E-state index contributed by atoms with van der Waals surface area (Å²) in [7, 11) is 0. The average Bonchev–Trinajstić information content (AvgIpc) is 2.43. The maximum atomic E-state index is 11.4. The SMILES string of the molecule is I.O=C(O)/C=C\C(=O)Nc1cccc(NC(=O)/C=C\C(=O)O)c1. The number of carbonyl (C=O) groups excluding carboxylic acids is 2. The van der Waals surface area contributed by atoms with Gasteiger partial charge in [-0.15, -0.1) is 24.0 Å². The van der Waals surface area contributed by atoms with Gasteiger partial charge in [-0.05, 0) is 18.2 Å². The standard InChI is InChI=1S/C14H12N2O6.HI/c17-11(4-6-13(19)20)15-9-2-1-3-10(8-9)16-12(18)5-7-14(21)22;/h1-8H,(H,15,17)(H,16,18)(H,19,20)(H,21,22);1H/b6-4-,7-5-;. The Morgan fingerprint density at radius 3 is 1.52 bits per heavy atom. The minimum absolute atomic E-state index is 0. The minimum Gasteiger partial charge on any atom is -0.478 e. The van der Waals surface area contributed by atoms with Crippen molar-refractivity contribution in [2.75, 3.05) is 10.6 Å². The van der Waals surface area contributed by atoms with Crippen LogP contribution >= 0.6 is 24.0 Å². The summed E-state index contributed by atoms with van der Waals surface area (Å²) in [4.78, 5) is 43.4. The van der Waals surface area contributed by atoms with Gasteiger partial charge in [-0.1, -0.05) is 6.07 Å². The number of anilines is 2. The van der Waals surface area contributed by atoms with Crippen LogP contribution in [-0.4, -0.2) is 34.0 Å². The van der Waals surface area contributed by atoms with Crippen LogP contribution in [0.2, 0.25) is 0 Å². The molecule has 0 saturated carbocycles. The molecule has 0 saturated heterocycles. The van der Waals surface area contributed by atoms with E-state index in [-0.39, 0.29) is 24.0 Å². The zero-order chi connectivity index (χ0) is 16.5. The number of benzene rings is 1. The van der Waals surface area contributed by atoms with E-state index in [1.165, 1.54) is 18.2 Å². The number of amides is 2. The number of carbonyl (C=O) groups is 4. The first-order chi connectivity index (χ1) is 10.4. The Hall–Kier alpha value is -2.69. The van der Waals surface area contributed by atoms with Gasteiger partial charge in [0.2, 0.25) is 11.8 Å². The third-order valence-electron chi connectivity index (χ3n) is 2.15. The first-order valence-electron chi connectivity index (χ1n) is 5.91. The molecule has 4 N–H and O–H groups in total. The largest absolute Gasteiger partial charge is 0.478 e. The highest BCUT2D eigenvalue weighted by atomic mass is 127. The van der Waals surface area contributed by atoms with Gasteiger partial charge in [0.05, 0.1) is 0 Å². The van der Waals surface area contributed by atoms with Gasteiger partial charge in [0.1, 0.15) is 0 Å². The Labute approximate surface area is 147 Å². The van der Waals surface area contributed by atoms with Crippen LogP contribution < -0.4 is 10.6 Å². The fraction of sp³-hybridized carbons (Fsp3) is 0.